The minimum absolute atomic E-state index is 0.221. The SMILES string of the molecule is O=S(=O)(c1ccccc1)c1cnc2ccccc2c1-c1cccc2ccccc12. The average Bonchev–Trinajstić information content (AvgIpc) is 2.78. The molecule has 140 valence electrons. The summed E-state index contributed by atoms with van der Waals surface area (Å²) in [7, 11) is -3.74. The standard InChI is InChI=1S/C25H17NO2S/c27-29(28,19-11-2-1-3-12-19)24-17-26-23-16-7-6-14-22(23)25(24)21-15-8-10-18-9-4-5-13-20(18)21/h1-17H. The van der Waals surface area contributed by atoms with E-state index in [4.69, 9.17) is 0 Å². The van der Waals surface area contributed by atoms with E-state index >= 15 is 0 Å². The summed E-state index contributed by atoms with van der Waals surface area (Å²) in [6, 6.07) is 30.2. The van der Waals surface area contributed by atoms with Crippen molar-refractivity contribution in [2.75, 3.05) is 0 Å². The van der Waals surface area contributed by atoms with Gasteiger partial charge in [0.05, 0.1) is 15.3 Å². The fraction of sp³-hybridized carbons (Fsp3) is 0. The normalized spacial score (nSPS) is 11.7. The summed E-state index contributed by atoms with van der Waals surface area (Å²) in [5.74, 6) is 0. The van der Waals surface area contributed by atoms with E-state index in [0.717, 1.165) is 27.2 Å². The molecule has 4 aromatic carbocycles. The molecule has 0 radical (unpaired) electrons. The molecule has 4 heteroatoms. The van der Waals surface area contributed by atoms with Gasteiger partial charge in [0.2, 0.25) is 9.84 Å². The third-order valence-electron chi connectivity index (χ3n) is 5.14. The second-order valence-electron chi connectivity index (χ2n) is 6.86. The Morgan fingerprint density at radius 3 is 2.10 bits per heavy atom. The van der Waals surface area contributed by atoms with Gasteiger partial charge in [-0.3, -0.25) is 4.98 Å². The topological polar surface area (TPSA) is 47.0 Å². The molecule has 0 aliphatic heterocycles. The van der Waals surface area contributed by atoms with E-state index in [1.165, 1.54) is 6.20 Å². The molecule has 5 rings (SSSR count). The summed E-state index contributed by atoms with van der Waals surface area (Å²) in [5.41, 5.74) is 2.34. The highest BCUT2D eigenvalue weighted by atomic mass is 32.2. The second kappa shape index (κ2) is 6.83. The maximum atomic E-state index is 13.6. The van der Waals surface area contributed by atoms with Crippen LogP contribution in [-0.4, -0.2) is 13.4 Å². The summed E-state index contributed by atoms with van der Waals surface area (Å²) < 4.78 is 27.1. The van der Waals surface area contributed by atoms with Gasteiger partial charge in [0, 0.05) is 17.1 Å². The lowest BCUT2D eigenvalue weighted by Gasteiger charge is -2.15. The van der Waals surface area contributed by atoms with Crippen molar-refractivity contribution in [1.29, 1.82) is 0 Å². The Balaban J connectivity index is 1.93. The van der Waals surface area contributed by atoms with Gasteiger partial charge < -0.3 is 0 Å². The molecule has 0 aliphatic rings. The molecule has 1 heterocycles. The molecule has 0 spiro atoms. The van der Waals surface area contributed by atoms with Gasteiger partial charge in [-0.15, -0.1) is 0 Å². The fourth-order valence-corrected chi connectivity index (χ4v) is 5.22. The molecule has 0 atom stereocenters. The van der Waals surface area contributed by atoms with Crippen molar-refractivity contribution in [2.24, 2.45) is 0 Å². The van der Waals surface area contributed by atoms with Crippen LogP contribution < -0.4 is 0 Å². The monoisotopic (exact) mass is 395 g/mol. The molecule has 1 aromatic heterocycles. The Labute approximate surface area is 169 Å². The van der Waals surface area contributed by atoms with E-state index in [9.17, 15) is 8.42 Å². The van der Waals surface area contributed by atoms with Gasteiger partial charge in [-0.25, -0.2) is 8.42 Å². The van der Waals surface area contributed by atoms with Crippen molar-refractivity contribution in [2.45, 2.75) is 9.79 Å². The van der Waals surface area contributed by atoms with Crippen LogP contribution in [0, 0.1) is 0 Å². The van der Waals surface area contributed by atoms with Crippen LogP contribution >= 0.6 is 0 Å². The van der Waals surface area contributed by atoms with Crippen LogP contribution in [0.2, 0.25) is 0 Å². The smallest absolute Gasteiger partial charge is 0.208 e. The first kappa shape index (κ1) is 17.6. The predicted octanol–water partition coefficient (Wildman–Crippen LogP) is 5.89. The Morgan fingerprint density at radius 2 is 1.28 bits per heavy atom. The predicted molar refractivity (Wildman–Crippen MR) is 117 cm³/mol. The zero-order valence-electron chi connectivity index (χ0n) is 15.5. The number of benzene rings is 4. The summed E-state index contributed by atoms with van der Waals surface area (Å²) in [4.78, 5) is 4.94. The van der Waals surface area contributed by atoms with Crippen molar-refractivity contribution < 1.29 is 8.42 Å². The number of rotatable bonds is 3. The minimum atomic E-state index is -3.74. The number of pyridine rings is 1. The van der Waals surface area contributed by atoms with Crippen LogP contribution in [0.5, 0.6) is 0 Å². The van der Waals surface area contributed by atoms with Crippen LogP contribution in [0.25, 0.3) is 32.8 Å². The first-order valence-corrected chi connectivity index (χ1v) is 10.8. The van der Waals surface area contributed by atoms with Crippen LogP contribution in [0.3, 0.4) is 0 Å². The van der Waals surface area contributed by atoms with E-state index in [2.05, 4.69) is 4.98 Å². The van der Waals surface area contributed by atoms with E-state index in [0.29, 0.717) is 5.56 Å². The molecule has 0 aliphatic carbocycles. The maximum Gasteiger partial charge on any atom is 0.208 e. The lowest BCUT2D eigenvalue weighted by molar-refractivity contribution is 0.596. The van der Waals surface area contributed by atoms with Crippen molar-refractivity contribution in [3.8, 4) is 11.1 Å². The lowest BCUT2D eigenvalue weighted by Crippen LogP contribution is -2.05. The molecular weight excluding hydrogens is 378 g/mol. The number of sulfone groups is 1. The Morgan fingerprint density at radius 1 is 0.621 bits per heavy atom. The Bertz CT molecular complexity index is 1450. The molecule has 0 N–H and O–H groups in total. The van der Waals surface area contributed by atoms with Crippen LogP contribution in [0.15, 0.2) is 113 Å². The Kier molecular flexibility index (Phi) is 4.14. The molecule has 0 saturated heterocycles. The van der Waals surface area contributed by atoms with E-state index in [1.54, 1.807) is 24.3 Å². The molecule has 0 unspecified atom stereocenters. The van der Waals surface area contributed by atoms with Gasteiger partial charge in [-0.2, -0.15) is 0 Å². The molecule has 29 heavy (non-hydrogen) atoms. The van der Waals surface area contributed by atoms with Gasteiger partial charge in [-0.05, 0) is 34.5 Å². The minimum Gasteiger partial charge on any atom is -0.255 e. The van der Waals surface area contributed by atoms with E-state index in [1.807, 2.05) is 72.8 Å². The number of nitrogens with zero attached hydrogens (tertiary/aromatic N) is 1. The van der Waals surface area contributed by atoms with Gasteiger partial charge in [0.25, 0.3) is 0 Å². The van der Waals surface area contributed by atoms with Crippen molar-refractivity contribution >= 4 is 31.5 Å². The first-order chi connectivity index (χ1) is 14.2. The first-order valence-electron chi connectivity index (χ1n) is 9.32. The molecule has 0 bridgehead atoms. The number of hydrogen-bond donors (Lipinski definition) is 0. The van der Waals surface area contributed by atoms with Crippen molar-refractivity contribution in [3.63, 3.8) is 0 Å². The van der Waals surface area contributed by atoms with Crippen LogP contribution in [-0.2, 0) is 9.84 Å². The average molecular weight is 395 g/mol. The van der Waals surface area contributed by atoms with Gasteiger partial charge >= 0.3 is 0 Å². The van der Waals surface area contributed by atoms with Crippen LogP contribution in [0.4, 0.5) is 0 Å². The highest BCUT2D eigenvalue weighted by Crippen LogP contribution is 2.39. The van der Waals surface area contributed by atoms with Crippen molar-refractivity contribution in [1.82, 2.24) is 4.98 Å². The Hall–Kier alpha value is -3.50. The number of fused-ring (bicyclic) bond motifs is 2. The summed E-state index contributed by atoms with van der Waals surface area (Å²) in [6.07, 6.45) is 1.49. The quantitative estimate of drug-likeness (QED) is 0.383. The third-order valence-corrected chi connectivity index (χ3v) is 6.92. The summed E-state index contributed by atoms with van der Waals surface area (Å²) in [6.45, 7) is 0. The molecule has 0 fully saturated rings. The lowest BCUT2D eigenvalue weighted by atomic mass is 9.96. The number of aromatic nitrogens is 1. The zero-order valence-corrected chi connectivity index (χ0v) is 16.3. The molecule has 0 saturated carbocycles. The molecule has 0 amide bonds. The second-order valence-corrected chi connectivity index (χ2v) is 8.78. The number of hydrogen-bond acceptors (Lipinski definition) is 3. The van der Waals surface area contributed by atoms with Gasteiger partial charge in [0.1, 0.15) is 0 Å². The highest BCUT2D eigenvalue weighted by Gasteiger charge is 2.25. The molecule has 3 nitrogen and oxygen atoms in total. The molecular formula is C25H17NO2S. The zero-order chi connectivity index (χ0) is 19.8. The van der Waals surface area contributed by atoms with Crippen molar-refractivity contribution in [3.05, 3.63) is 103 Å². The van der Waals surface area contributed by atoms with E-state index in [-0.39, 0.29) is 9.79 Å². The molecule has 5 aromatic rings. The largest absolute Gasteiger partial charge is 0.255 e. The van der Waals surface area contributed by atoms with E-state index < -0.39 is 9.84 Å². The number of para-hydroxylation sites is 1. The van der Waals surface area contributed by atoms with Gasteiger partial charge in [-0.1, -0.05) is 78.9 Å². The fourth-order valence-electron chi connectivity index (χ4n) is 3.77. The highest BCUT2D eigenvalue weighted by molar-refractivity contribution is 7.91. The summed E-state index contributed by atoms with van der Waals surface area (Å²) in [5, 5.41) is 2.89. The summed E-state index contributed by atoms with van der Waals surface area (Å²) >= 11 is 0. The maximum absolute atomic E-state index is 13.6. The third kappa shape index (κ3) is 2.89. The van der Waals surface area contributed by atoms with Crippen LogP contribution in [0.1, 0.15) is 0 Å². The van der Waals surface area contributed by atoms with Gasteiger partial charge in [0.15, 0.2) is 0 Å².